The molecule has 2 heterocycles. The maximum Gasteiger partial charge on any atom is 0.196 e. The van der Waals surface area contributed by atoms with E-state index in [0.29, 0.717) is 13.1 Å². The molecule has 1 unspecified atom stereocenters. The van der Waals surface area contributed by atoms with Gasteiger partial charge in [0.05, 0.1) is 19.4 Å². The summed E-state index contributed by atoms with van der Waals surface area (Å²) in [6, 6.07) is 22.8. The van der Waals surface area contributed by atoms with Crippen molar-refractivity contribution in [2.75, 3.05) is 11.9 Å². The Bertz CT molecular complexity index is 825. The van der Waals surface area contributed by atoms with E-state index in [1.54, 1.807) is 6.26 Å². The number of guanidine groups is 1. The number of anilines is 1. The van der Waals surface area contributed by atoms with Crippen molar-refractivity contribution in [3.05, 3.63) is 89.9 Å². The van der Waals surface area contributed by atoms with Gasteiger partial charge in [-0.15, -0.1) is 0 Å². The number of aliphatic imine (C=N–C) groups is 1. The summed E-state index contributed by atoms with van der Waals surface area (Å²) in [5.41, 5.74) is 3.64. The molecule has 24 heavy (non-hydrogen) atoms. The number of para-hydroxylation sites is 1. The first-order chi connectivity index (χ1) is 11.9. The quantitative estimate of drug-likeness (QED) is 0.768. The van der Waals surface area contributed by atoms with Gasteiger partial charge in [0.25, 0.3) is 0 Å². The number of hydrogen-bond acceptors (Lipinski definition) is 4. The van der Waals surface area contributed by atoms with Crippen LogP contribution in [-0.2, 0) is 6.54 Å². The second-order valence-electron chi connectivity index (χ2n) is 5.80. The van der Waals surface area contributed by atoms with E-state index in [1.165, 1.54) is 11.1 Å². The number of nitrogens with one attached hydrogen (secondary N) is 2. The third-order valence-corrected chi connectivity index (χ3v) is 4.23. The number of benzene rings is 2. The minimum Gasteiger partial charge on any atom is -0.467 e. The van der Waals surface area contributed by atoms with Crippen molar-refractivity contribution in [1.29, 1.82) is 0 Å². The SMILES string of the molecule is c1ccc(C2CN=C(NCc3ccco3)Nc3ccccc32)cc1. The first-order valence-corrected chi connectivity index (χ1v) is 8.12. The molecule has 120 valence electrons. The van der Waals surface area contributed by atoms with Crippen LogP contribution in [0.15, 0.2) is 82.4 Å². The highest BCUT2D eigenvalue weighted by atomic mass is 16.3. The van der Waals surface area contributed by atoms with Crippen molar-refractivity contribution in [3.63, 3.8) is 0 Å². The standard InChI is InChI=1S/C20H19N3O/c1-2-7-15(8-3-1)18-14-22-20(21-13-16-9-6-12-24-16)23-19-11-5-4-10-17(18)19/h1-12,18H,13-14H2,(H2,21,22,23). The van der Waals surface area contributed by atoms with Gasteiger partial charge >= 0.3 is 0 Å². The van der Waals surface area contributed by atoms with E-state index >= 15 is 0 Å². The summed E-state index contributed by atoms with van der Waals surface area (Å²) in [6.45, 7) is 1.31. The molecule has 4 rings (SSSR count). The Kier molecular flexibility index (Phi) is 4.02. The fourth-order valence-corrected chi connectivity index (χ4v) is 3.02. The predicted octanol–water partition coefficient (Wildman–Crippen LogP) is 3.98. The molecule has 1 aliphatic heterocycles. The van der Waals surface area contributed by atoms with Crippen LogP contribution in [0.25, 0.3) is 0 Å². The van der Waals surface area contributed by atoms with Gasteiger partial charge in [0.15, 0.2) is 5.96 Å². The Labute approximate surface area is 141 Å². The Morgan fingerprint density at radius 1 is 1.00 bits per heavy atom. The molecule has 1 atom stereocenters. The van der Waals surface area contributed by atoms with Crippen molar-refractivity contribution in [3.8, 4) is 0 Å². The summed E-state index contributed by atoms with van der Waals surface area (Å²) >= 11 is 0. The highest BCUT2D eigenvalue weighted by Crippen LogP contribution is 2.32. The van der Waals surface area contributed by atoms with E-state index < -0.39 is 0 Å². The molecular formula is C20H19N3O. The zero-order chi connectivity index (χ0) is 16.2. The van der Waals surface area contributed by atoms with Gasteiger partial charge in [-0.3, -0.25) is 4.99 Å². The van der Waals surface area contributed by atoms with Crippen LogP contribution in [0.4, 0.5) is 5.69 Å². The van der Waals surface area contributed by atoms with Crippen molar-refractivity contribution in [2.24, 2.45) is 4.99 Å². The highest BCUT2D eigenvalue weighted by molar-refractivity contribution is 5.95. The first-order valence-electron chi connectivity index (χ1n) is 8.12. The fraction of sp³-hybridized carbons (Fsp3) is 0.150. The van der Waals surface area contributed by atoms with Gasteiger partial charge in [0, 0.05) is 11.6 Å². The van der Waals surface area contributed by atoms with Gasteiger partial charge in [0.1, 0.15) is 5.76 Å². The Balaban J connectivity index is 1.61. The maximum atomic E-state index is 5.37. The third-order valence-electron chi connectivity index (χ3n) is 4.23. The molecule has 0 saturated carbocycles. The fourth-order valence-electron chi connectivity index (χ4n) is 3.02. The molecule has 0 bridgehead atoms. The van der Waals surface area contributed by atoms with Crippen molar-refractivity contribution in [1.82, 2.24) is 5.32 Å². The van der Waals surface area contributed by atoms with Crippen LogP contribution in [0.3, 0.4) is 0 Å². The minimum atomic E-state index is 0.248. The number of furan rings is 1. The molecule has 1 aromatic heterocycles. The van der Waals surface area contributed by atoms with Crippen LogP contribution in [0.5, 0.6) is 0 Å². The number of nitrogens with zero attached hydrogens (tertiary/aromatic N) is 1. The molecule has 0 saturated heterocycles. The van der Waals surface area contributed by atoms with E-state index in [0.717, 1.165) is 17.4 Å². The first kappa shape index (κ1) is 14.6. The Hall–Kier alpha value is -3.01. The summed E-state index contributed by atoms with van der Waals surface area (Å²) in [5.74, 6) is 1.91. The largest absolute Gasteiger partial charge is 0.467 e. The van der Waals surface area contributed by atoms with Gasteiger partial charge < -0.3 is 15.1 Å². The van der Waals surface area contributed by atoms with Gasteiger partial charge in [0.2, 0.25) is 0 Å². The average molecular weight is 317 g/mol. The van der Waals surface area contributed by atoms with Gasteiger partial charge in [-0.1, -0.05) is 48.5 Å². The molecule has 0 aliphatic carbocycles. The van der Waals surface area contributed by atoms with Crippen LogP contribution in [0.2, 0.25) is 0 Å². The molecule has 4 heteroatoms. The lowest BCUT2D eigenvalue weighted by atomic mass is 9.90. The summed E-state index contributed by atoms with van der Waals surface area (Å²) in [4.78, 5) is 4.75. The summed E-state index contributed by atoms with van der Waals surface area (Å²) in [5, 5.41) is 6.74. The lowest BCUT2D eigenvalue weighted by Gasteiger charge is -2.17. The van der Waals surface area contributed by atoms with Gasteiger partial charge in [-0.2, -0.15) is 0 Å². The molecule has 0 amide bonds. The topological polar surface area (TPSA) is 49.6 Å². The second kappa shape index (κ2) is 6.62. The summed E-state index contributed by atoms with van der Waals surface area (Å²) in [7, 11) is 0. The zero-order valence-corrected chi connectivity index (χ0v) is 13.3. The lowest BCUT2D eigenvalue weighted by Crippen LogP contribution is -2.30. The molecule has 0 radical (unpaired) electrons. The summed E-state index contributed by atoms with van der Waals surface area (Å²) in [6.07, 6.45) is 1.68. The van der Waals surface area contributed by atoms with Crippen LogP contribution in [0.1, 0.15) is 22.8 Å². The maximum absolute atomic E-state index is 5.37. The Morgan fingerprint density at radius 2 is 1.83 bits per heavy atom. The highest BCUT2D eigenvalue weighted by Gasteiger charge is 2.20. The average Bonchev–Trinajstić information content (AvgIpc) is 3.08. The van der Waals surface area contributed by atoms with Crippen LogP contribution in [0, 0.1) is 0 Å². The van der Waals surface area contributed by atoms with Crippen LogP contribution < -0.4 is 10.6 Å². The smallest absolute Gasteiger partial charge is 0.196 e. The number of hydrogen-bond donors (Lipinski definition) is 2. The second-order valence-corrected chi connectivity index (χ2v) is 5.80. The van der Waals surface area contributed by atoms with E-state index in [9.17, 15) is 0 Å². The number of rotatable bonds is 3. The number of fused-ring (bicyclic) bond motifs is 1. The van der Waals surface area contributed by atoms with E-state index in [-0.39, 0.29) is 5.92 Å². The molecule has 4 nitrogen and oxygen atoms in total. The molecule has 3 aromatic rings. The Morgan fingerprint density at radius 3 is 2.67 bits per heavy atom. The zero-order valence-electron chi connectivity index (χ0n) is 13.3. The lowest BCUT2D eigenvalue weighted by molar-refractivity contribution is 0.503. The van der Waals surface area contributed by atoms with Crippen LogP contribution in [-0.4, -0.2) is 12.5 Å². The molecule has 1 aliphatic rings. The van der Waals surface area contributed by atoms with E-state index in [2.05, 4.69) is 53.1 Å². The molecular weight excluding hydrogens is 298 g/mol. The van der Waals surface area contributed by atoms with Crippen LogP contribution >= 0.6 is 0 Å². The van der Waals surface area contributed by atoms with Gasteiger partial charge in [-0.05, 0) is 29.3 Å². The van der Waals surface area contributed by atoms with Crippen molar-refractivity contribution in [2.45, 2.75) is 12.5 Å². The summed E-state index contributed by atoms with van der Waals surface area (Å²) < 4.78 is 5.37. The van der Waals surface area contributed by atoms with Crippen molar-refractivity contribution < 1.29 is 4.42 Å². The normalized spacial score (nSPS) is 16.5. The van der Waals surface area contributed by atoms with E-state index in [4.69, 9.17) is 9.41 Å². The molecule has 0 spiro atoms. The van der Waals surface area contributed by atoms with Gasteiger partial charge in [-0.25, -0.2) is 0 Å². The monoisotopic (exact) mass is 317 g/mol. The minimum absolute atomic E-state index is 0.248. The third kappa shape index (κ3) is 3.04. The molecule has 2 N–H and O–H groups in total. The van der Waals surface area contributed by atoms with Crippen molar-refractivity contribution >= 4 is 11.6 Å². The predicted molar refractivity (Wildman–Crippen MR) is 96.2 cm³/mol. The van der Waals surface area contributed by atoms with E-state index in [1.807, 2.05) is 24.3 Å². The molecule has 2 aromatic carbocycles. The molecule has 0 fully saturated rings.